The Bertz CT molecular complexity index is 974. The summed E-state index contributed by atoms with van der Waals surface area (Å²) in [5, 5.41) is 11.2. The first-order chi connectivity index (χ1) is 12.4. The highest BCUT2D eigenvalue weighted by Gasteiger charge is 2.11. The molecule has 2 aromatic carbocycles. The molecule has 6 heteroatoms. The van der Waals surface area contributed by atoms with Crippen molar-refractivity contribution in [1.82, 2.24) is 15.6 Å². The molecule has 1 amide bonds. The van der Waals surface area contributed by atoms with Gasteiger partial charge in [-0.05, 0) is 61.7 Å². The molecule has 0 aliphatic carbocycles. The van der Waals surface area contributed by atoms with Gasteiger partial charge in [-0.2, -0.15) is 10.2 Å². The molecule has 3 aromatic rings. The molecule has 1 aromatic heterocycles. The molecule has 132 valence electrons. The second-order valence-electron chi connectivity index (χ2n) is 6.11. The average molecular weight is 411 g/mol. The topological polar surface area (TPSA) is 70.1 Å². The van der Waals surface area contributed by atoms with Gasteiger partial charge >= 0.3 is 0 Å². The number of aromatic nitrogens is 2. The van der Waals surface area contributed by atoms with Crippen molar-refractivity contribution in [3.63, 3.8) is 0 Å². The molecule has 0 radical (unpaired) electrons. The van der Waals surface area contributed by atoms with Gasteiger partial charge in [-0.25, -0.2) is 5.43 Å². The van der Waals surface area contributed by atoms with Crippen molar-refractivity contribution in [1.29, 1.82) is 0 Å². The fraction of sp³-hybridized carbons (Fsp3) is 0.150. The molecule has 0 atom stereocenters. The third-order valence-electron chi connectivity index (χ3n) is 4.21. The van der Waals surface area contributed by atoms with Crippen molar-refractivity contribution < 1.29 is 4.79 Å². The fourth-order valence-electron chi connectivity index (χ4n) is 2.44. The minimum Gasteiger partial charge on any atom is -0.272 e. The van der Waals surface area contributed by atoms with Crippen LogP contribution in [0.2, 0.25) is 0 Å². The number of carbonyl (C=O) groups is 1. The SMILES string of the molecule is CC(=NNC(=O)c1cc(-c2ccc(C)c(C)c2)n[nH]1)c1ccc(Br)cc1. The Hall–Kier alpha value is -2.73. The van der Waals surface area contributed by atoms with Crippen LogP contribution < -0.4 is 5.43 Å². The number of halogens is 1. The molecule has 0 unspecified atom stereocenters. The van der Waals surface area contributed by atoms with E-state index in [1.807, 2.05) is 43.3 Å². The molecule has 0 spiro atoms. The smallest absolute Gasteiger partial charge is 0.272 e. The summed E-state index contributed by atoms with van der Waals surface area (Å²) in [5.74, 6) is -0.330. The van der Waals surface area contributed by atoms with Crippen molar-refractivity contribution in [2.45, 2.75) is 20.8 Å². The van der Waals surface area contributed by atoms with Crippen molar-refractivity contribution in [2.24, 2.45) is 5.10 Å². The van der Waals surface area contributed by atoms with Crippen LogP contribution in [-0.4, -0.2) is 21.8 Å². The number of hydrogen-bond acceptors (Lipinski definition) is 3. The van der Waals surface area contributed by atoms with Crippen LogP contribution in [0.1, 0.15) is 34.1 Å². The molecular formula is C20H19BrN4O. The number of nitrogens with one attached hydrogen (secondary N) is 2. The van der Waals surface area contributed by atoms with E-state index in [-0.39, 0.29) is 5.91 Å². The highest BCUT2D eigenvalue weighted by molar-refractivity contribution is 9.10. The molecule has 26 heavy (non-hydrogen) atoms. The van der Waals surface area contributed by atoms with Gasteiger partial charge in [-0.15, -0.1) is 0 Å². The standard InChI is InChI=1S/C20H19BrN4O/c1-12-4-5-16(10-13(12)2)18-11-19(24-23-18)20(26)25-22-14(3)15-6-8-17(21)9-7-15/h4-11H,1-3H3,(H,23,24)(H,25,26). The van der Waals surface area contributed by atoms with Crippen molar-refractivity contribution >= 4 is 27.5 Å². The van der Waals surface area contributed by atoms with Gasteiger partial charge in [-0.3, -0.25) is 9.89 Å². The van der Waals surface area contributed by atoms with E-state index in [1.165, 1.54) is 11.1 Å². The Labute approximate surface area is 160 Å². The van der Waals surface area contributed by atoms with Gasteiger partial charge in [0.15, 0.2) is 0 Å². The average Bonchev–Trinajstić information content (AvgIpc) is 3.12. The lowest BCUT2D eigenvalue weighted by Gasteiger charge is -2.02. The zero-order valence-corrected chi connectivity index (χ0v) is 16.4. The number of H-pyrrole nitrogens is 1. The van der Waals surface area contributed by atoms with Crippen LogP contribution in [0, 0.1) is 13.8 Å². The summed E-state index contributed by atoms with van der Waals surface area (Å²) in [4.78, 5) is 12.3. The van der Waals surface area contributed by atoms with Crippen LogP contribution in [-0.2, 0) is 0 Å². The maximum atomic E-state index is 12.3. The molecule has 2 N–H and O–H groups in total. The molecule has 1 heterocycles. The number of hydrogen-bond donors (Lipinski definition) is 2. The van der Waals surface area contributed by atoms with E-state index in [0.717, 1.165) is 27.0 Å². The van der Waals surface area contributed by atoms with Gasteiger partial charge in [0.1, 0.15) is 5.69 Å². The van der Waals surface area contributed by atoms with Gasteiger partial charge in [0, 0.05) is 10.0 Å². The molecule has 5 nitrogen and oxygen atoms in total. The Kier molecular flexibility index (Phi) is 5.32. The summed E-state index contributed by atoms with van der Waals surface area (Å²) >= 11 is 3.40. The summed E-state index contributed by atoms with van der Waals surface area (Å²) in [6.07, 6.45) is 0. The minimum atomic E-state index is -0.330. The lowest BCUT2D eigenvalue weighted by molar-refractivity contribution is 0.0950. The van der Waals surface area contributed by atoms with Gasteiger partial charge < -0.3 is 0 Å². The highest BCUT2D eigenvalue weighted by Crippen LogP contribution is 2.21. The Morgan fingerprint density at radius 1 is 1.08 bits per heavy atom. The van der Waals surface area contributed by atoms with Crippen molar-refractivity contribution in [2.75, 3.05) is 0 Å². The predicted octanol–water partition coefficient (Wildman–Crippen LogP) is 4.61. The lowest BCUT2D eigenvalue weighted by Crippen LogP contribution is -2.19. The second-order valence-corrected chi connectivity index (χ2v) is 7.03. The summed E-state index contributed by atoms with van der Waals surface area (Å²) in [5.41, 5.74) is 8.70. The van der Waals surface area contributed by atoms with Crippen LogP contribution >= 0.6 is 15.9 Å². The molecule has 0 aliphatic rings. The van der Waals surface area contributed by atoms with Crippen LogP contribution in [0.15, 0.2) is 58.1 Å². The van der Waals surface area contributed by atoms with E-state index in [1.54, 1.807) is 6.07 Å². The zero-order valence-electron chi connectivity index (χ0n) is 14.8. The number of carbonyl (C=O) groups excluding carboxylic acids is 1. The van der Waals surface area contributed by atoms with Gasteiger partial charge in [0.25, 0.3) is 5.91 Å². The number of rotatable bonds is 4. The van der Waals surface area contributed by atoms with E-state index in [9.17, 15) is 4.79 Å². The number of aryl methyl sites for hydroxylation is 2. The quantitative estimate of drug-likeness (QED) is 0.486. The third-order valence-corrected chi connectivity index (χ3v) is 4.74. The van der Waals surface area contributed by atoms with E-state index < -0.39 is 0 Å². The van der Waals surface area contributed by atoms with Crippen LogP contribution in [0.4, 0.5) is 0 Å². The first kappa shape index (κ1) is 18.1. The highest BCUT2D eigenvalue weighted by atomic mass is 79.9. The molecule has 0 aliphatic heterocycles. The predicted molar refractivity (Wildman–Crippen MR) is 107 cm³/mol. The maximum Gasteiger partial charge on any atom is 0.289 e. The monoisotopic (exact) mass is 410 g/mol. The number of amides is 1. The Morgan fingerprint density at radius 2 is 1.81 bits per heavy atom. The molecule has 0 saturated carbocycles. The largest absolute Gasteiger partial charge is 0.289 e. The molecule has 0 bridgehead atoms. The molecular weight excluding hydrogens is 392 g/mol. The lowest BCUT2D eigenvalue weighted by atomic mass is 10.0. The normalized spacial score (nSPS) is 11.5. The van der Waals surface area contributed by atoms with Gasteiger partial charge in [-0.1, -0.05) is 40.2 Å². The van der Waals surface area contributed by atoms with Crippen LogP contribution in [0.5, 0.6) is 0 Å². The summed E-state index contributed by atoms with van der Waals surface area (Å²) < 4.78 is 0.995. The van der Waals surface area contributed by atoms with Crippen molar-refractivity contribution in [3.8, 4) is 11.3 Å². The molecule has 3 rings (SSSR count). The van der Waals surface area contributed by atoms with Crippen LogP contribution in [0.25, 0.3) is 11.3 Å². The fourth-order valence-corrected chi connectivity index (χ4v) is 2.70. The van der Waals surface area contributed by atoms with E-state index in [2.05, 4.69) is 56.6 Å². The second kappa shape index (κ2) is 7.66. The van der Waals surface area contributed by atoms with E-state index >= 15 is 0 Å². The summed E-state index contributed by atoms with van der Waals surface area (Å²) in [6.45, 7) is 5.96. The molecule has 0 fully saturated rings. The van der Waals surface area contributed by atoms with E-state index in [4.69, 9.17) is 0 Å². The number of benzene rings is 2. The molecule has 0 saturated heterocycles. The Balaban J connectivity index is 1.72. The zero-order chi connectivity index (χ0) is 18.7. The number of nitrogens with zero attached hydrogens (tertiary/aromatic N) is 2. The maximum absolute atomic E-state index is 12.3. The first-order valence-electron chi connectivity index (χ1n) is 8.17. The van der Waals surface area contributed by atoms with Gasteiger partial charge in [0.05, 0.1) is 11.4 Å². The van der Waals surface area contributed by atoms with Crippen molar-refractivity contribution in [3.05, 3.63) is 75.4 Å². The number of aromatic amines is 1. The van der Waals surface area contributed by atoms with E-state index in [0.29, 0.717) is 5.69 Å². The third kappa shape index (κ3) is 4.08. The summed E-state index contributed by atoms with van der Waals surface area (Å²) in [7, 11) is 0. The summed E-state index contributed by atoms with van der Waals surface area (Å²) in [6, 6.07) is 15.6. The Morgan fingerprint density at radius 3 is 2.50 bits per heavy atom. The number of hydrazone groups is 1. The minimum absolute atomic E-state index is 0.330. The van der Waals surface area contributed by atoms with Crippen LogP contribution in [0.3, 0.4) is 0 Å². The van der Waals surface area contributed by atoms with Gasteiger partial charge in [0.2, 0.25) is 0 Å². The first-order valence-corrected chi connectivity index (χ1v) is 8.97.